The Morgan fingerprint density at radius 3 is 2.50 bits per heavy atom. The zero-order chi connectivity index (χ0) is 15.0. The van der Waals surface area contributed by atoms with Gasteiger partial charge in [-0.25, -0.2) is 4.79 Å². The van der Waals surface area contributed by atoms with Gasteiger partial charge in [-0.3, -0.25) is 4.79 Å². The molecule has 0 N–H and O–H groups in total. The molecule has 1 aliphatic carbocycles. The number of rotatable bonds is 4. The largest absolute Gasteiger partial charge is 0.462 e. The number of halogens is 3. The van der Waals surface area contributed by atoms with Crippen molar-refractivity contribution >= 4 is 46.7 Å². The summed E-state index contributed by atoms with van der Waals surface area (Å²) < 4.78 is 13.1. The van der Waals surface area contributed by atoms with Gasteiger partial charge in [-0.05, 0) is 26.2 Å². The number of hydrogen-bond donors (Lipinski definition) is 0. The second-order valence-electron chi connectivity index (χ2n) is 5.29. The normalized spacial score (nSPS) is 32.2. The van der Waals surface area contributed by atoms with Crippen LogP contribution >= 0.6 is 34.8 Å². The minimum atomic E-state index is -2.11. The van der Waals surface area contributed by atoms with Crippen molar-refractivity contribution in [3.63, 3.8) is 0 Å². The van der Waals surface area contributed by atoms with Gasteiger partial charge in [-0.2, -0.15) is 0 Å². The topological polar surface area (TPSA) is 65.1 Å². The third kappa shape index (κ3) is 3.91. The Kier molecular flexibility index (Phi) is 4.74. The molecule has 0 amide bonds. The molecule has 0 aromatic carbocycles. The summed E-state index contributed by atoms with van der Waals surface area (Å²) in [6, 6.07) is 0. The van der Waals surface area contributed by atoms with E-state index in [-0.39, 0.29) is 25.3 Å². The molecule has 8 heteroatoms. The van der Waals surface area contributed by atoms with Crippen LogP contribution in [0.3, 0.4) is 0 Å². The molecule has 1 heterocycles. The molecule has 3 unspecified atom stereocenters. The Hall–Kier alpha value is -0.230. The molecule has 2 aliphatic rings. The lowest BCUT2D eigenvalue weighted by atomic mass is 9.76. The van der Waals surface area contributed by atoms with Crippen LogP contribution in [0.4, 0.5) is 0 Å². The van der Waals surface area contributed by atoms with Crippen molar-refractivity contribution < 1.29 is 23.8 Å². The Morgan fingerprint density at radius 1 is 1.25 bits per heavy atom. The van der Waals surface area contributed by atoms with E-state index in [1.807, 2.05) is 6.92 Å². The summed E-state index contributed by atoms with van der Waals surface area (Å²) >= 11 is 16.0. The van der Waals surface area contributed by atoms with E-state index in [4.69, 9.17) is 44.3 Å². The predicted molar refractivity (Wildman–Crippen MR) is 72.8 cm³/mol. The van der Waals surface area contributed by atoms with Crippen LogP contribution in [0.15, 0.2) is 0 Å². The van der Waals surface area contributed by atoms with Crippen LogP contribution in [0.25, 0.3) is 0 Å². The van der Waals surface area contributed by atoms with Crippen LogP contribution < -0.4 is 0 Å². The van der Waals surface area contributed by atoms with E-state index >= 15 is 0 Å². The molecule has 1 saturated carbocycles. The first-order valence-corrected chi connectivity index (χ1v) is 7.42. The monoisotopic (exact) mass is 344 g/mol. The van der Waals surface area contributed by atoms with E-state index in [1.165, 1.54) is 0 Å². The average molecular weight is 346 g/mol. The highest BCUT2D eigenvalue weighted by molar-refractivity contribution is 6.75. The summed E-state index contributed by atoms with van der Waals surface area (Å²) in [5.41, 5.74) is -0.531. The third-order valence-corrected chi connectivity index (χ3v) is 4.06. The number of alkyl halides is 3. The molecule has 1 saturated heterocycles. The lowest BCUT2D eigenvalue weighted by Crippen LogP contribution is -2.35. The van der Waals surface area contributed by atoms with Gasteiger partial charge in [0.05, 0.1) is 17.6 Å². The Bertz CT molecular complexity index is 408. The Labute approximate surface area is 131 Å². The standard InChI is InChI=1S/C12H15Cl3O5/c1-11(3-2-7-8(6-11)20-7)9(16)18-4-5-19-10(17)12(13,14)15/h7-8H,2-6H2,1H3. The summed E-state index contributed by atoms with van der Waals surface area (Å²) in [4.78, 5) is 23.2. The molecule has 0 bridgehead atoms. The van der Waals surface area contributed by atoms with Crippen molar-refractivity contribution in [3.05, 3.63) is 0 Å². The van der Waals surface area contributed by atoms with E-state index < -0.39 is 15.2 Å². The van der Waals surface area contributed by atoms with Crippen molar-refractivity contribution in [2.75, 3.05) is 13.2 Å². The minimum Gasteiger partial charge on any atom is -0.462 e. The molecule has 20 heavy (non-hydrogen) atoms. The van der Waals surface area contributed by atoms with Crippen LogP contribution in [0.1, 0.15) is 26.2 Å². The zero-order valence-electron chi connectivity index (χ0n) is 10.9. The van der Waals surface area contributed by atoms with Gasteiger partial charge in [0.25, 0.3) is 3.79 Å². The third-order valence-electron chi connectivity index (χ3n) is 3.59. The quantitative estimate of drug-likeness (QED) is 0.339. The summed E-state index contributed by atoms with van der Waals surface area (Å²) in [7, 11) is 0. The fourth-order valence-electron chi connectivity index (χ4n) is 2.33. The van der Waals surface area contributed by atoms with E-state index in [9.17, 15) is 9.59 Å². The highest BCUT2D eigenvalue weighted by atomic mass is 35.6. The van der Waals surface area contributed by atoms with Crippen LogP contribution in [0, 0.1) is 5.41 Å². The average Bonchev–Trinajstić information content (AvgIpc) is 3.10. The van der Waals surface area contributed by atoms with Crippen LogP contribution in [-0.2, 0) is 23.8 Å². The number of epoxide rings is 1. The maximum Gasteiger partial charge on any atom is 0.358 e. The fraction of sp³-hybridized carbons (Fsp3) is 0.833. The van der Waals surface area contributed by atoms with E-state index in [0.29, 0.717) is 12.5 Å². The zero-order valence-corrected chi connectivity index (χ0v) is 13.1. The van der Waals surface area contributed by atoms with Gasteiger partial charge in [-0.1, -0.05) is 34.8 Å². The molecule has 114 valence electrons. The molecular formula is C12H15Cl3O5. The minimum absolute atomic E-state index is 0.0597. The van der Waals surface area contributed by atoms with Gasteiger partial charge in [0.2, 0.25) is 0 Å². The summed E-state index contributed by atoms with van der Waals surface area (Å²) in [5, 5.41) is 0. The second kappa shape index (κ2) is 5.87. The number of esters is 2. The Balaban J connectivity index is 1.69. The second-order valence-corrected chi connectivity index (χ2v) is 7.57. The number of carbonyl (C=O) groups is 2. The molecule has 1 aliphatic heterocycles. The molecule has 0 spiro atoms. The summed E-state index contributed by atoms with van der Waals surface area (Å²) in [6.07, 6.45) is 2.79. The van der Waals surface area contributed by atoms with Crippen LogP contribution in [0.2, 0.25) is 0 Å². The van der Waals surface area contributed by atoms with Gasteiger partial charge < -0.3 is 14.2 Å². The molecule has 0 aromatic heterocycles. The van der Waals surface area contributed by atoms with Crippen molar-refractivity contribution in [3.8, 4) is 0 Å². The van der Waals surface area contributed by atoms with Gasteiger partial charge in [0.15, 0.2) is 0 Å². The number of ether oxygens (including phenoxy) is 3. The van der Waals surface area contributed by atoms with E-state index in [2.05, 4.69) is 4.74 Å². The van der Waals surface area contributed by atoms with Crippen molar-refractivity contribution in [2.45, 2.75) is 42.2 Å². The Morgan fingerprint density at radius 2 is 1.90 bits per heavy atom. The summed E-state index contributed by atoms with van der Waals surface area (Å²) in [5.74, 6) is -1.30. The van der Waals surface area contributed by atoms with Crippen LogP contribution in [-0.4, -0.2) is 41.2 Å². The SMILES string of the molecule is CC1(C(=O)OCCOC(=O)C(Cl)(Cl)Cl)CCC2OC2C1. The predicted octanol–water partition coefficient (Wildman–Crippen LogP) is 2.40. The highest BCUT2D eigenvalue weighted by Crippen LogP contribution is 2.46. The first-order valence-electron chi connectivity index (χ1n) is 6.29. The summed E-state index contributed by atoms with van der Waals surface area (Å²) in [6.45, 7) is 1.66. The smallest absolute Gasteiger partial charge is 0.358 e. The molecule has 2 rings (SSSR count). The van der Waals surface area contributed by atoms with Gasteiger partial charge >= 0.3 is 11.9 Å². The van der Waals surface area contributed by atoms with Crippen molar-refractivity contribution in [2.24, 2.45) is 5.41 Å². The maximum absolute atomic E-state index is 12.0. The molecule has 2 fully saturated rings. The lowest BCUT2D eigenvalue weighted by Gasteiger charge is -2.28. The lowest BCUT2D eigenvalue weighted by molar-refractivity contribution is -0.160. The van der Waals surface area contributed by atoms with Crippen molar-refractivity contribution in [1.82, 2.24) is 0 Å². The molecule has 0 aromatic rings. The van der Waals surface area contributed by atoms with Gasteiger partial charge in [0.1, 0.15) is 13.2 Å². The van der Waals surface area contributed by atoms with Crippen molar-refractivity contribution in [1.29, 1.82) is 0 Å². The number of hydrogen-bond acceptors (Lipinski definition) is 5. The maximum atomic E-state index is 12.0. The molecule has 0 radical (unpaired) electrons. The van der Waals surface area contributed by atoms with Gasteiger partial charge in [0, 0.05) is 0 Å². The van der Waals surface area contributed by atoms with Crippen LogP contribution in [0.5, 0.6) is 0 Å². The molecule has 5 nitrogen and oxygen atoms in total. The molecular weight excluding hydrogens is 330 g/mol. The van der Waals surface area contributed by atoms with E-state index in [1.54, 1.807) is 0 Å². The fourth-order valence-corrected chi connectivity index (χ4v) is 2.49. The number of fused-ring (bicyclic) bond motifs is 1. The number of carbonyl (C=O) groups excluding carboxylic acids is 2. The highest BCUT2D eigenvalue weighted by Gasteiger charge is 2.52. The molecule has 3 atom stereocenters. The first kappa shape index (κ1) is 16.1. The first-order chi connectivity index (χ1) is 9.22. The van der Waals surface area contributed by atoms with Gasteiger partial charge in [-0.15, -0.1) is 0 Å². The van der Waals surface area contributed by atoms with E-state index in [0.717, 1.165) is 12.8 Å².